The van der Waals surface area contributed by atoms with Crippen molar-refractivity contribution in [1.29, 1.82) is 0 Å². The highest BCUT2D eigenvalue weighted by Crippen LogP contribution is 2.31. The summed E-state index contributed by atoms with van der Waals surface area (Å²) in [6.45, 7) is 5.86. The molecular weight excluding hydrogens is 245 g/mol. The molecule has 0 unspecified atom stereocenters. The van der Waals surface area contributed by atoms with Crippen LogP contribution < -0.4 is 5.73 Å². The molecule has 0 saturated heterocycles. The van der Waals surface area contributed by atoms with Gasteiger partial charge in [0.05, 0.1) is 12.1 Å². The Morgan fingerprint density at radius 3 is 2.19 bits per heavy atom. The fourth-order valence-electron chi connectivity index (χ4n) is 1.45. The van der Waals surface area contributed by atoms with Gasteiger partial charge < -0.3 is 10.8 Å². The van der Waals surface area contributed by atoms with E-state index in [1.54, 1.807) is 6.07 Å². The first-order chi connectivity index (χ1) is 6.84. The fourth-order valence-corrected chi connectivity index (χ4v) is 1.72. The summed E-state index contributed by atoms with van der Waals surface area (Å²) in [6, 6.07) is 6.91. The van der Waals surface area contributed by atoms with Crippen LogP contribution in [-0.4, -0.2) is 11.2 Å². The first-order valence-corrected chi connectivity index (χ1v) is 5.40. The van der Waals surface area contributed by atoms with Crippen LogP contribution in [0.5, 0.6) is 0 Å². The van der Waals surface area contributed by atoms with E-state index in [0.717, 1.165) is 5.56 Å². The minimum atomic E-state index is -0.614. The van der Waals surface area contributed by atoms with Crippen LogP contribution in [0.1, 0.15) is 32.4 Å². The van der Waals surface area contributed by atoms with E-state index in [4.69, 9.17) is 17.3 Å². The van der Waals surface area contributed by atoms with Crippen molar-refractivity contribution >= 4 is 24.0 Å². The van der Waals surface area contributed by atoms with Crippen molar-refractivity contribution in [1.82, 2.24) is 0 Å². The summed E-state index contributed by atoms with van der Waals surface area (Å²) in [6.07, 6.45) is -0.614. The molecule has 0 radical (unpaired) electrons. The number of hydrogen-bond donors (Lipinski definition) is 2. The normalized spacial score (nSPS) is 15.1. The third-order valence-electron chi connectivity index (χ3n) is 2.49. The SMILES string of the molecule is CC(C)(C)[C@H](O)[C@H](N)c1ccccc1Cl.Cl. The van der Waals surface area contributed by atoms with Crippen molar-refractivity contribution in [3.63, 3.8) is 0 Å². The summed E-state index contributed by atoms with van der Waals surface area (Å²) in [5.74, 6) is 0. The largest absolute Gasteiger partial charge is 0.391 e. The van der Waals surface area contributed by atoms with Gasteiger partial charge in [-0.05, 0) is 17.0 Å². The molecule has 0 aliphatic carbocycles. The Bertz CT molecular complexity index is 336. The molecule has 0 amide bonds. The minimum Gasteiger partial charge on any atom is -0.391 e. The predicted octanol–water partition coefficient (Wildman–Crippen LogP) is 3.17. The molecule has 1 aromatic carbocycles. The lowest BCUT2D eigenvalue weighted by atomic mass is 9.82. The first-order valence-electron chi connectivity index (χ1n) is 5.02. The number of halogens is 2. The number of aliphatic hydroxyl groups excluding tert-OH is 1. The molecule has 1 aromatic rings. The maximum absolute atomic E-state index is 10.0. The average molecular weight is 264 g/mol. The topological polar surface area (TPSA) is 46.2 Å². The Labute approximate surface area is 108 Å². The lowest BCUT2D eigenvalue weighted by Crippen LogP contribution is -2.37. The van der Waals surface area contributed by atoms with E-state index in [2.05, 4.69) is 0 Å². The quantitative estimate of drug-likeness (QED) is 0.861. The molecule has 0 bridgehead atoms. The summed E-state index contributed by atoms with van der Waals surface area (Å²) < 4.78 is 0. The molecule has 16 heavy (non-hydrogen) atoms. The van der Waals surface area contributed by atoms with Crippen molar-refractivity contribution in [2.75, 3.05) is 0 Å². The maximum Gasteiger partial charge on any atom is 0.0781 e. The monoisotopic (exact) mass is 263 g/mol. The van der Waals surface area contributed by atoms with E-state index in [-0.39, 0.29) is 17.8 Å². The van der Waals surface area contributed by atoms with E-state index in [0.29, 0.717) is 5.02 Å². The summed E-state index contributed by atoms with van der Waals surface area (Å²) in [4.78, 5) is 0. The van der Waals surface area contributed by atoms with E-state index >= 15 is 0 Å². The van der Waals surface area contributed by atoms with E-state index in [9.17, 15) is 5.11 Å². The molecule has 3 N–H and O–H groups in total. The Kier molecular flexibility index (Phi) is 5.77. The maximum atomic E-state index is 10.0. The van der Waals surface area contributed by atoms with Gasteiger partial charge in [-0.25, -0.2) is 0 Å². The van der Waals surface area contributed by atoms with Crippen LogP contribution in [0.15, 0.2) is 24.3 Å². The zero-order chi connectivity index (χ0) is 11.6. The molecule has 0 aromatic heterocycles. The third-order valence-corrected chi connectivity index (χ3v) is 2.84. The molecule has 0 heterocycles. The van der Waals surface area contributed by atoms with Gasteiger partial charge >= 0.3 is 0 Å². The van der Waals surface area contributed by atoms with Gasteiger partial charge in [-0.2, -0.15) is 0 Å². The van der Waals surface area contributed by atoms with E-state index in [1.807, 2.05) is 39.0 Å². The number of hydrogen-bond acceptors (Lipinski definition) is 2. The van der Waals surface area contributed by atoms with Crippen molar-refractivity contribution in [3.8, 4) is 0 Å². The van der Waals surface area contributed by atoms with Crippen LogP contribution in [-0.2, 0) is 0 Å². The Hall–Kier alpha value is -0.280. The molecule has 1 rings (SSSR count). The van der Waals surface area contributed by atoms with Crippen LogP contribution in [0, 0.1) is 5.41 Å². The highest BCUT2D eigenvalue weighted by Gasteiger charge is 2.29. The summed E-state index contributed by atoms with van der Waals surface area (Å²) >= 11 is 6.02. The van der Waals surface area contributed by atoms with Gasteiger partial charge in [0.1, 0.15) is 0 Å². The Balaban J connectivity index is 0.00000225. The number of aliphatic hydroxyl groups is 1. The fraction of sp³-hybridized carbons (Fsp3) is 0.500. The van der Waals surface area contributed by atoms with Gasteiger partial charge in [0.15, 0.2) is 0 Å². The Morgan fingerprint density at radius 2 is 1.75 bits per heavy atom. The molecule has 0 saturated carbocycles. The molecule has 2 nitrogen and oxygen atoms in total. The number of benzene rings is 1. The molecule has 92 valence electrons. The van der Waals surface area contributed by atoms with Crippen molar-refractivity contribution in [2.24, 2.45) is 11.1 Å². The molecule has 0 spiro atoms. The van der Waals surface area contributed by atoms with Gasteiger partial charge in [-0.3, -0.25) is 0 Å². The first kappa shape index (κ1) is 15.7. The predicted molar refractivity (Wildman–Crippen MR) is 71.1 cm³/mol. The van der Waals surface area contributed by atoms with Crippen LogP contribution >= 0.6 is 24.0 Å². The minimum absolute atomic E-state index is 0. The summed E-state index contributed by atoms with van der Waals surface area (Å²) in [5.41, 5.74) is 6.53. The summed E-state index contributed by atoms with van der Waals surface area (Å²) in [7, 11) is 0. The van der Waals surface area contributed by atoms with Crippen molar-refractivity contribution < 1.29 is 5.11 Å². The molecule has 0 aliphatic rings. The molecule has 2 atom stereocenters. The highest BCUT2D eigenvalue weighted by atomic mass is 35.5. The van der Waals surface area contributed by atoms with Crippen LogP contribution in [0.3, 0.4) is 0 Å². The second kappa shape index (κ2) is 5.87. The molecular formula is C12H19Cl2NO. The third kappa shape index (κ3) is 3.63. The Morgan fingerprint density at radius 1 is 1.25 bits per heavy atom. The lowest BCUT2D eigenvalue weighted by Gasteiger charge is -2.31. The van der Waals surface area contributed by atoms with Crippen molar-refractivity contribution in [2.45, 2.75) is 32.9 Å². The van der Waals surface area contributed by atoms with Crippen molar-refractivity contribution in [3.05, 3.63) is 34.9 Å². The zero-order valence-corrected chi connectivity index (χ0v) is 11.3. The number of rotatable bonds is 2. The standard InChI is InChI=1S/C12H18ClNO.ClH/c1-12(2,3)11(15)10(14)8-6-4-5-7-9(8)13;/h4-7,10-11,15H,14H2,1-3H3;1H/t10-,11-;/m1./s1. The van der Waals surface area contributed by atoms with Crippen LogP contribution in [0.25, 0.3) is 0 Å². The highest BCUT2D eigenvalue weighted by molar-refractivity contribution is 6.31. The molecule has 0 fully saturated rings. The lowest BCUT2D eigenvalue weighted by molar-refractivity contribution is 0.0401. The van der Waals surface area contributed by atoms with Gasteiger partial charge in [-0.15, -0.1) is 12.4 Å². The van der Waals surface area contributed by atoms with E-state index < -0.39 is 12.1 Å². The second-order valence-electron chi connectivity index (χ2n) is 4.86. The molecule has 0 aliphatic heterocycles. The van der Waals surface area contributed by atoms with Crippen LogP contribution in [0.4, 0.5) is 0 Å². The second-order valence-corrected chi connectivity index (χ2v) is 5.27. The molecule has 4 heteroatoms. The zero-order valence-electron chi connectivity index (χ0n) is 9.77. The van der Waals surface area contributed by atoms with Gasteiger partial charge in [0.25, 0.3) is 0 Å². The van der Waals surface area contributed by atoms with Gasteiger partial charge in [0.2, 0.25) is 0 Å². The van der Waals surface area contributed by atoms with Gasteiger partial charge in [-0.1, -0.05) is 50.6 Å². The summed E-state index contributed by atoms with van der Waals surface area (Å²) in [5, 5.41) is 10.7. The van der Waals surface area contributed by atoms with Crippen LogP contribution in [0.2, 0.25) is 5.02 Å². The number of nitrogens with two attached hydrogens (primary N) is 1. The average Bonchev–Trinajstić information content (AvgIpc) is 2.15. The van der Waals surface area contributed by atoms with Gasteiger partial charge in [0, 0.05) is 5.02 Å². The smallest absolute Gasteiger partial charge is 0.0781 e. The van der Waals surface area contributed by atoms with E-state index in [1.165, 1.54) is 0 Å².